The van der Waals surface area contributed by atoms with Crippen molar-refractivity contribution in [3.05, 3.63) is 60.2 Å². The second kappa shape index (κ2) is 5.24. The van der Waals surface area contributed by atoms with E-state index in [0.29, 0.717) is 6.42 Å². The Balaban J connectivity index is 1.80. The van der Waals surface area contributed by atoms with Gasteiger partial charge in [0.1, 0.15) is 0 Å². The summed E-state index contributed by atoms with van der Waals surface area (Å²) in [5.41, 5.74) is 4.34. The smallest absolute Gasteiger partial charge is 0.156 e. The van der Waals surface area contributed by atoms with Gasteiger partial charge in [-0.25, -0.2) is 0 Å². The van der Waals surface area contributed by atoms with E-state index in [1.54, 1.807) is 0 Å². The van der Waals surface area contributed by atoms with Crippen LogP contribution in [0.3, 0.4) is 0 Å². The van der Waals surface area contributed by atoms with Crippen LogP contribution in [0.5, 0.6) is 0 Å². The molecule has 0 spiro atoms. The van der Waals surface area contributed by atoms with Crippen molar-refractivity contribution in [3.63, 3.8) is 0 Å². The van der Waals surface area contributed by atoms with Gasteiger partial charge in [-0.3, -0.25) is 0 Å². The van der Waals surface area contributed by atoms with E-state index in [1.807, 2.05) is 30.3 Å². The maximum Gasteiger partial charge on any atom is 0.156 e. The van der Waals surface area contributed by atoms with Gasteiger partial charge < -0.3 is 9.94 Å². The lowest BCUT2D eigenvalue weighted by Crippen LogP contribution is -2.12. The summed E-state index contributed by atoms with van der Waals surface area (Å²) in [5, 5.41) is 13.0. The third-order valence-corrected chi connectivity index (χ3v) is 3.26. The van der Waals surface area contributed by atoms with Crippen molar-refractivity contribution in [2.24, 2.45) is 5.16 Å². The van der Waals surface area contributed by atoms with Crippen LogP contribution < -0.4 is 0 Å². The zero-order chi connectivity index (χ0) is 13.1. The van der Waals surface area contributed by atoms with Gasteiger partial charge in [-0.1, -0.05) is 59.8 Å². The van der Waals surface area contributed by atoms with E-state index in [9.17, 15) is 0 Å². The first-order valence-electron chi connectivity index (χ1n) is 6.36. The number of aliphatic hydroxyl groups is 1. The molecule has 0 bridgehead atoms. The molecule has 96 valence electrons. The molecule has 1 N–H and O–H groups in total. The van der Waals surface area contributed by atoms with Crippen LogP contribution in [-0.4, -0.2) is 23.5 Å². The molecule has 0 fully saturated rings. The standard InChI is InChI=1S/C16H15NO2/c18-11-15-10-16(17-19-15)14-8-6-13(7-9-14)12-4-2-1-3-5-12/h1-9,15,18H,10-11H2/t15-/m1/s1. The second-order valence-electron chi connectivity index (χ2n) is 4.60. The Morgan fingerprint density at radius 2 is 1.58 bits per heavy atom. The van der Waals surface area contributed by atoms with Gasteiger partial charge in [0.15, 0.2) is 6.10 Å². The molecule has 0 aliphatic carbocycles. The van der Waals surface area contributed by atoms with Crippen LogP contribution in [0.4, 0.5) is 0 Å². The molecule has 3 nitrogen and oxygen atoms in total. The van der Waals surface area contributed by atoms with Gasteiger partial charge in [0, 0.05) is 6.42 Å². The summed E-state index contributed by atoms with van der Waals surface area (Å²) in [4.78, 5) is 5.12. The SMILES string of the molecule is OC[C@H]1CC(c2ccc(-c3ccccc3)cc2)=NO1. The molecule has 3 rings (SSSR count). The number of hydrogen-bond donors (Lipinski definition) is 1. The first kappa shape index (κ1) is 11.9. The third kappa shape index (κ3) is 2.51. The van der Waals surface area contributed by atoms with E-state index in [0.717, 1.165) is 11.3 Å². The number of hydrogen-bond acceptors (Lipinski definition) is 3. The van der Waals surface area contributed by atoms with Crippen LogP contribution in [0.15, 0.2) is 59.8 Å². The van der Waals surface area contributed by atoms with Gasteiger partial charge in [0.05, 0.1) is 12.3 Å². The van der Waals surface area contributed by atoms with Crippen LogP contribution in [0.1, 0.15) is 12.0 Å². The molecular weight excluding hydrogens is 238 g/mol. The number of aliphatic hydroxyl groups excluding tert-OH is 1. The maximum atomic E-state index is 9.03. The van der Waals surface area contributed by atoms with Gasteiger partial charge in [0.25, 0.3) is 0 Å². The lowest BCUT2D eigenvalue weighted by Gasteiger charge is -2.04. The maximum absolute atomic E-state index is 9.03. The van der Waals surface area contributed by atoms with E-state index < -0.39 is 0 Å². The van der Waals surface area contributed by atoms with E-state index >= 15 is 0 Å². The molecular formula is C16H15NO2. The number of benzene rings is 2. The Morgan fingerprint density at radius 1 is 0.947 bits per heavy atom. The minimum atomic E-state index is -0.191. The Labute approximate surface area is 112 Å². The number of oxime groups is 1. The summed E-state index contributed by atoms with van der Waals surface area (Å²) in [6, 6.07) is 18.5. The molecule has 0 amide bonds. The van der Waals surface area contributed by atoms with Crippen molar-refractivity contribution in [3.8, 4) is 11.1 Å². The topological polar surface area (TPSA) is 41.8 Å². The minimum absolute atomic E-state index is 0.00903. The van der Waals surface area contributed by atoms with Crippen LogP contribution >= 0.6 is 0 Å². The second-order valence-corrected chi connectivity index (χ2v) is 4.60. The number of rotatable bonds is 3. The van der Waals surface area contributed by atoms with Crippen molar-refractivity contribution in [1.82, 2.24) is 0 Å². The highest BCUT2D eigenvalue weighted by molar-refractivity contribution is 6.01. The quantitative estimate of drug-likeness (QED) is 0.913. The van der Waals surface area contributed by atoms with Crippen molar-refractivity contribution in [2.45, 2.75) is 12.5 Å². The lowest BCUT2D eigenvalue weighted by atomic mass is 10.0. The Kier molecular flexibility index (Phi) is 3.29. The first-order valence-corrected chi connectivity index (χ1v) is 6.36. The molecule has 1 aliphatic heterocycles. The summed E-state index contributed by atoms with van der Waals surface area (Å²) >= 11 is 0. The highest BCUT2D eigenvalue weighted by atomic mass is 16.6. The van der Waals surface area contributed by atoms with Crippen molar-refractivity contribution < 1.29 is 9.94 Å². The van der Waals surface area contributed by atoms with Crippen LogP contribution in [0.25, 0.3) is 11.1 Å². The largest absolute Gasteiger partial charge is 0.392 e. The van der Waals surface area contributed by atoms with Gasteiger partial charge in [-0.2, -0.15) is 0 Å². The fourth-order valence-electron chi connectivity index (χ4n) is 2.18. The predicted octanol–water partition coefficient (Wildman–Crippen LogP) is 2.84. The average molecular weight is 253 g/mol. The molecule has 1 aliphatic rings. The van der Waals surface area contributed by atoms with Gasteiger partial charge >= 0.3 is 0 Å². The first-order chi connectivity index (χ1) is 9.36. The van der Waals surface area contributed by atoms with Gasteiger partial charge in [0.2, 0.25) is 0 Å². The summed E-state index contributed by atoms with van der Waals surface area (Å²) < 4.78 is 0. The zero-order valence-electron chi connectivity index (χ0n) is 10.5. The molecule has 0 saturated heterocycles. The normalized spacial score (nSPS) is 17.9. The van der Waals surface area contributed by atoms with E-state index in [-0.39, 0.29) is 12.7 Å². The third-order valence-electron chi connectivity index (χ3n) is 3.26. The average Bonchev–Trinajstić information content (AvgIpc) is 2.97. The van der Waals surface area contributed by atoms with Crippen molar-refractivity contribution >= 4 is 5.71 Å². The molecule has 2 aromatic carbocycles. The lowest BCUT2D eigenvalue weighted by molar-refractivity contribution is 0.0390. The van der Waals surface area contributed by atoms with Crippen LogP contribution in [0.2, 0.25) is 0 Å². The summed E-state index contributed by atoms with van der Waals surface area (Å²) in [5.74, 6) is 0. The van der Waals surface area contributed by atoms with Gasteiger partial charge in [-0.15, -0.1) is 0 Å². The van der Waals surface area contributed by atoms with Gasteiger partial charge in [-0.05, 0) is 16.7 Å². The Morgan fingerprint density at radius 3 is 2.21 bits per heavy atom. The molecule has 0 radical (unpaired) electrons. The molecule has 3 heteroatoms. The summed E-state index contributed by atoms with van der Waals surface area (Å²) in [6.45, 7) is 0.00903. The van der Waals surface area contributed by atoms with Crippen LogP contribution in [0, 0.1) is 0 Å². The predicted molar refractivity (Wildman–Crippen MR) is 75.0 cm³/mol. The molecule has 0 unspecified atom stereocenters. The fraction of sp³-hybridized carbons (Fsp3) is 0.188. The minimum Gasteiger partial charge on any atom is -0.392 e. The molecule has 1 atom stereocenters. The van der Waals surface area contributed by atoms with Crippen molar-refractivity contribution in [2.75, 3.05) is 6.61 Å². The zero-order valence-corrected chi connectivity index (χ0v) is 10.5. The Bertz CT molecular complexity index is 575. The van der Waals surface area contributed by atoms with E-state index in [2.05, 4.69) is 29.4 Å². The highest BCUT2D eigenvalue weighted by Crippen LogP contribution is 2.22. The molecule has 0 aromatic heterocycles. The summed E-state index contributed by atoms with van der Waals surface area (Å²) in [7, 11) is 0. The highest BCUT2D eigenvalue weighted by Gasteiger charge is 2.20. The fourth-order valence-corrected chi connectivity index (χ4v) is 2.18. The van der Waals surface area contributed by atoms with E-state index in [1.165, 1.54) is 11.1 Å². The molecule has 0 saturated carbocycles. The number of nitrogens with zero attached hydrogens (tertiary/aromatic N) is 1. The molecule has 19 heavy (non-hydrogen) atoms. The summed E-state index contributed by atoms with van der Waals surface area (Å²) in [6.07, 6.45) is 0.477. The molecule has 1 heterocycles. The molecule has 2 aromatic rings. The monoisotopic (exact) mass is 253 g/mol. The van der Waals surface area contributed by atoms with E-state index in [4.69, 9.17) is 9.94 Å². The Hall–Kier alpha value is -2.13. The van der Waals surface area contributed by atoms with Crippen LogP contribution in [-0.2, 0) is 4.84 Å². The van der Waals surface area contributed by atoms with Crippen molar-refractivity contribution in [1.29, 1.82) is 0 Å².